The Balaban J connectivity index is 1.69. The summed E-state index contributed by atoms with van der Waals surface area (Å²) in [5.41, 5.74) is 1.78. The van der Waals surface area contributed by atoms with E-state index < -0.39 is 17.9 Å². The van der Waals surface area contributed by atoms with Gasteiger partial charge in [0.15, 0.2) is 0 Å². The first-order valence-electron chi connectivity index (χ1n) is 9.80. The Morgan fingerprint density at radius 3 is 2.10 bits per heavy atom. The Bertz CT molecular complexity index is 870. The fourth-order valence-electron chi connectivity index (χ4n) is 3.51. The van der Waals surface area contributed by atoms with Crippen LogP contribution in [-0.4, -0.2) is 42.3 Å². The van der Waals surface area contributed by atoms with Crippen LogP contribution in [0.1, 0.15) is 46.5 Å². The quantitative estimate of drug-likeness (QED) is 0.698. The van der Waals surface area contributed by atoms with Gasteiger partial charge in [-0.05, 0) is 48.6 Å². The van der Waals surface area contributed by atoms with Crippen molar-refractivity contribution in [2.45, 2.75) is 32.7 Å². The van der Waals surface area contributed by atoms with Crippen LogP contribution in [0, 0.1) is 5.92 Å². The molecule has 6 nitrogen and oxygen atoms in total. The lowest BCUT2D eigenvalue weighted by atomic mass is 10.0. The summed E-state index contributed by atoms with van der Waals surface area (Å²) in [6.45, 7) is 4.36. The van der Waals surface area contributed by atoms with Gasteiger partial charge in [-0.15, -0.1) is 0 Å². The first kappa shape index (κ1) is 20.6. The summed E-state index contributed by atoms with van der Waals surface area (Å²) in [6.07, 6.45) is 1.06. The number of benzene rings is 2. The molecule has 1 atom stereocenters. The largest absolute Gasteiger partial charge is 0.497 e. The molecule has 0 saturated carbocycles. The minimum Gasteiger partial charge on any atom is -0.497 e. The minimum absolute atomic E-state index is 0.150. The third-order valence-corrected chi connectivity index (χ3v) is 5.01. The lowest BCUT2D eigenvalue weighted by Gasteiger charge is -2.26. The van der Waals surface area contributed by atoms with Gasteiger partial charge in [0, 0.05) is 6.54 Å². The number of rotatable bonds is 8. The third-order valence-electron chi connectivity index (χ3n) is 5.01. The second kappa shape index (κ2) is 8.90. The smallest absolute Gasteiger partial charge is 0.262 e. The molecule has 0 saturated heterocycles. The maximum atomic E-state index is 12.9. The standard InChI is InChI=1S/C23H26N2O4/c1-15(2)14-20(25-22(27)18-6-4-5-7-19(18)23(25)28)21(26)24-13-12-16-8-10-17(29-3)11-9-16/h4-11,15,20H,12-14H2,1-3H3,(H,24,26). The summed E-state index contributed by atoms with van der Waals surface area (Å²) in [5, 5.41) is 2.89. The number of hydrogen-bond acceptors (Lipinski definition) is 4. The molecule has 0 radical (unpaired) electrons. The summed E-state index contributed by atoms with van der Waals surface area (Å²) in [7, 11) is 1.61. The van der Waals surface area contributed by atoms with Gasteiger partial charge < -0.3 is 10.1 Å². The first-order chi connectivity index (χ1) is 13.9. The SMILES string of the molecule is COc1ccc(CCNC(=O)C(CC(C)C)N2C(=O)c3ccccc3C2=O)cc1. The van der Waals surface area contributed by atoms with E-state index in [4.69, 9.17) is 4.74 Å². The highest BCUT2D eigenvalue weighted by molar-refractivity contribution is 6.22. The number of methoxy groups -OCH3 is 1. The predicted octanol–water partition coefficient (Wildman–Crippen LogP) is 3.06. The van der Waals surface area contributed by atoms with Gasteiger partial charge in [0.05, 0.1) is 18.2 Å². The van der Waals surface area contributed by atoms with Gasteiger partial charge >= 0.3 is 0 Å². The Kier molecular flexibility index (Phi) is 6.32. The van der Waals surface area contributed by atoms with Gasteiger partial charge in [-0.1, -0.05) is 38.1 Å². The molecule has 0 aromatic heterocycles. The van der Waals surface area contributed by atoms with Gasteiger partial charge in [0.1, 0.15) is 11.8 Å². The highest BCUT2D eigenvalue weighted by Gasteiger charge is 2.42. The fourth-order valence-corrected chi connectivity index (χ4v) is 3.51. The summed E-state index contributed by atoms with van der Waals surface area (Å²) < 4.78 is 5.14. The summed E-state index contributed by atoms with van der Waals surface area (Å²) in [5.74, 6) is -0.179. The van der Waals surface area contributed by atoms with E-state index in [0.29, 0.717) is 30.5 Å². The number of nitrogens with one attached hydrogen (secondary N) is 1. The van der Waals surface area contributed by atoms with Crippen LogP contribution in [0.25, 0.3) is 0 Å². The van der Waals surface area contributed by atoms with Crippen LogP contribution in [0.2, 0.25) is 0 Å². The molecular formula is C23H26N2O4. The Labute approximate surface area is 170 Å². The molecule has 0 aliphatic carbocycles. The van der Waals surface area contributed by atoms with Gasteiger partial charge in [0.25, 0.3) is 11.8 Å². The highest BCUT2D eigenvalue weighted by atomic mass is 16.5. The van der Waals surface area contributed by atoms with E-state index in [1.807, 2.05) is 38.1 Å². The van der Waals surface area contributed by atoms with Crippen molar-refractivity contribution in [3.05, 3.63) is 65.2 Å². The molecule has 3 amide bonds. The van der Waals surface area contributed by atoms with Crippen LogP contribution in [0.15, 0.2) is 48.5 Å². The van der Waals surface area contributed by atoms with Crippen LogP contribution >= 0.6 is 0 Å². The zero-order valence-corrected chi connectivity index (χ0v) is 17.0. The molecule has 29 heavy (non-hydrogen) atoms. The second-order valence-corrected chi connectivity index (χ2v) is 7.56. The van der Waals surface area contributed by atoms with Crippen molar-refractivity contribution in [3.8, 4) is 5.75 Å². The predicted molar refractivity (Wildman–Crippen MR) is 110 cm³/mol. The summed E-state index contributed by atoms with van der Waals surface area (Å²) >= 11 is 0. The van der Waals surface area contributed by atoms with Crippen molar-refractivity contribution < 1.29 is 19.1 Å². The first-order valence-corrected chi connectivity index (χ1v) is 9.80. The number of imide groups is 1. The van der Waals surface area contributed by atoms with Crippen LogP contribution in [-0.2, 0) is 11.2 Å². The van der Waals surface area contributed by atoms with Crippen molar-refractivity contribution in [2.24, 2.45) is 5.92 Å². The van der Waals surface area contributed by atoms with Crippen molar-refractivity contribution in [2.75, 3.05) is 13.7 Å². The number of amides is 3. The summed E-state index contributed by atoms with van der Waals surface area (Å²) in [6, 6.07) is 13.5. The van der Waals surface area contributed by atoms with E-state index in [1.54, 1.807) is 31.4 Å². The zero-order chi connectivity index (χ0) is 21.0. The van der Waals surface area contributed by atoms with E-state index in [9.17, 15) is 14.4 Å². The average molecular weight is 394 g/mol. The molecule has 3 rings (SSSR count). The molecule has 1 aliphatic heterocycles. The topological polar surface area (TPSA) is 75.7 Å². The number of hydrogen-bond donors (Lipinski definition) is 1. The van der Waals surface area contributed by atoms with E-state index in [0.717, 1.165) is 16.2 Å². The molecule has 152 valence electrons. The highest BCUT2D eigenvalue weighted by Crippen LogP contribution is 2.27. The van der Waals surface area contributed by atoms with Gasteiger partial charge in [-0.2, -0.15) is 0 Å². The number of carbonyl (C=O) groups excluding carboxylic acids is 3. The van der Waals surface area contributed by atoms with Crippen molar-refractivity contribution in [1.82, 2.24) is 10.2 Å². The normalized spacial score (nSPS) is 14.1. The molecule has 1 N–H and O–H groups in total. The third kappa shape index (κ3) is 4.47. The molecule has 2 aromatic carbocycles. The molecule has 1 heterocycles. The molecule has 0 fully saturated rings. The Morgan fingerprint density at radius 1 is 1.00 bits per heavy atom. The van der Waals surface area contributed by atoms with Crippen LogP contribution < -0.4 is 10.1 Å². The van der Waals surface area contributed by atoms with Crippen LogP contribution in [0.4, 0.5) is 0 Å². The van der Waals surface area contributed by atoms with Gasteiger partial charge in [-0.25, -0.2) is 0 Å². The van der Waals surface area contributed by atoms with E-state index in [1.165, 1.54) is 0 Å². The van der Waals surface area contributed by atoms with E-state index in [-0.39, 0.29) is 11.8 Å². The van der Waals surface area contributed by atoms with E-state index >= 15 is 0 Å². The Hall–Kier alpha value is -3.15. The maximum Gasteiger partial charge on any atom is 0.262 e. The van der Waals surface area contributed by atoms with E-state index in [2.05, 4.69) is 5.32 Å². The lowest BCUT2D eigenvalue weighted by Crippen LogP contribution is -2.50. The summed E-state index contributed by atoms with van der Waals surface area (Å²) in [4.78, 5) is 39.6. The van der Waals surface area contributed by atoms with Crippen molar-refractivity contribution >= 4 is 17.7 Å². The molecule has 2 aromatic rings. The number of fused-ring (bicyclic) bond motifs is 1. The van der Waals surface area contributed by atoms with Crippen molar-refractivity contribution in [3.63, 3.8) is 0 Å². The van der Waals surface area contributed by atoms with Gasteiger partial charge in [-0.3, -0.25) is 19.3 Å². The molecule has 1 unspecified atom stereocenters. The van der Waals surface area contributed by atoms with Gasteiger partial charge in [0.2, 0.25) is 5.91 Å². The second-order valence-electron chi connectivity index (χ2n) is 7.56. The Morgan fingerprint density at radius 2 is 1.59 bits per heavy atom. The minimum atomic E-state index is -0.821. The lowest BCUT2D eigenvalue weighted by molar-refractivity contribution is -0.125. The van der Waals surface area contributed by atoms with Crippen molar-refractivity contribution in [1.29, 1.82) is 0 Å². The number of nitrogens with zero attached hydrogens (tertiary/aromatic N) is 1. The maximum absolute atomic E-state index is 12.9. The molecule has 0 bridgehead atoms. The number of carbonyl (C=O) groups is 3. The zero-order valence-electron chi connectivity index (χ0n) is 17.0. The average Bonchev–Trinajstić information content (AvgIpc) is 2.97. The fraction of sp³-hybridized carbons (Fsp3) is 0.348. The molecule has 1 aliphatic rings. The molecule has 6 heteroatoms. The monoisotopic (exact) mass is 394 g/mol. The molecular weight excluding hydrogens is 368 g/mol. The van der Waals surface area contributed by atoms with Crippen LogP contribution in [0.5, 0.6) is 5.75 Å². The van der Waals surface area contributed by atoms with Crippen LogP contribution in [0.3, 0.4) is 0 Å². The number of ether oxygens (including phenoxy) is 1. The molecule has 0 spiro atoms.